The van der Waals surface area contributed by atoms with Crippen LogP contribution in [0.4, 0.5) is 0 Å². The number of sulfonamides is 1. The fourth-order valence-electron chi connectivity index (χ4n) is 1.72. The standard InChI is InChI=1S/C11H17N3O5S/c1-11(7-19-8-11)6-13-20(17,18)9-4-12-14(5-9)3-2-10(15)16/h4-5,13H,2-3,6-8H2,1H3,(H,15,16). The van der Waals surface area contributed by atoms with E-state index in [9.17, 15) is 13.2 Å². The number of hydrogen-bond donors (Lipinski definition) is 2. The second-order valence-electron chi connectivity index (χ2n) is 5.21. The highest BCUT2D eigenvalue weighted by Crippen LogP contribution is 2.25. The van der Waals surface area contributed by atoms with Gasteiger partial charge in [-0.15, -0.1) is 0 Å². The summed E-state index contributed by atoms with van der Waals surface area (Å²) in [5, 5.41) is 12.4. The number of aryl methyl sites for hydroxylation is 1. The molecule has 1 aliphatic heterocycles. The second-order valence-corrected chi connectivity index (χ2v) is 6.98. The summed E-state index contributed by atoms with van der Waals surface area (Å²) < 4.78 is 33.0. The number of aromatic nitrogens is 2. The molecule has 8 nitrogen and oxygen atoms in total. The minimum atomic E-state index is -3.62. The number of nitrogens with zero attached hydrogens (tertiary/aromatic N) is 2. The Morgan fingerprint density at radius 2 is 2.30 bits per heavy atom. The van der Waals surface area contributed by atoms with E-state index in [0.717, 1.165) is 0 Å². The minimum absolute atomic E-state index is 0.0340. The Labute approximate surface area is 116 Å². The molecule has 112 valence electrons. The van der Waals surface area contributed by atoms with E-state index in [2.05, 4.69) is 9.82 Å². The molecule has 2 heterocycles. The van der Waals surface area contributed by atoms with Gasteiger partial charge in [0.2, 0.25) is 10.0 Å². The van der Waals surface area contributed by atoms with Gasteiger partial charge in [-0.1, -0.05) is 6.92 Å². The normalized spacial score (nSPS) is 17.6. The van der Waals surface area contributed by atoms with Gasteiger partial charge in [0, 0.05) is 18.2 Å². The Balaban J connectivity index is 1.96. The largest absolute Gasteiger partial charge is 0.481 e. The minimum Gasteiger partial charge on any atom is -0.481 e. The quantitative estimate of drug-likeness (QED) is 0.714. The maximum atomic E-state index is 12.0. The van der Waals surface area contributed by atoms with Crippen molar-refractivity contribution in [2.24, 2.45) is 5.41 Å². The number of carboxylic acids is 1. The third kappa shape index (κ3) is 3.56. The third-order valence-electron chi connectivity index (χ3n) is 3.06. The lowest BCUT2D eigenvalue weighted by molar-refractivity contribution is -0.137. The molecule has 9 heteroatoms. The molecular weight excluding hydrogens is 286 g/mol. The van der Waals surface area contributed by atoms with E-state index in [-0.39, 0.29) is 23.3 Å². The summed E-state index contributed by atoms with van der Waals surface area (Å²) >= 11 is 0. The number of aliphatic carboxylic acids is 1. The van der Waals surface area contributed by atoms with Crippen LogP contribution in [0.5, 0.6) is 0 Å². The lowest BCUT2D eigenvalue weighted by Gasteiger charge is -2.37. The van der Waals surface area contributed by atoms with Crippen LogP contribution >= 0.6 is 0 Å². The van der Waals surface area contributed by atoms with E-state index in [0.29, 0.717) is 19.8 Å². The van der Waals surface area contributed by atoms with Gasteiger partial charge in [-0.2, -0.15) is 5.10 Å². The van der Waals surface area contributed by atoms with Gasteiger partial charge >= 0.3 is 5.97 Å². The molecule has 1 saturated heterocycles. The predicted octanol–water partition coefficient (Wildman–Crippen LogP) is -0.327. The molecule has 0 spiro atoms. The van der Waals surface area contributed by atoms with Crippen molar-refractivity contribution in [3.8, 4) is 0 Å². The predicted molar refractivity (Wildman–Crippen MR) is 68.6 cm³/mol. The van der Waals surface area contributed by atoms with Crippen LogP contribution in [-0.4, -0.2) is 49.0 Å². The zero-order valence-corrected chi connectivity index (χ0v) is 11.9. The van der Waals surface area contributed by atoms with Crippen LogP contribution in [-0.2, 0) is 26.1 Å². The van der Waals surface area contributed by atoms with Gasteiger partial charge in [0.25, 0.3) is 0 Å². The summed E-state index contributed by atoms with van der Waals surface area (Å²) in [6.07, 6.45) is 2.43. The van der Waals surface area contributed by atoms with Crippen LogP contribution in [0.25, 0.3) is 0 Å². The first-order chi connectivity index (χ1) is 9.31. The van der Waals surface area contributed by atoms with Crippen molar-refractivity contribution in [3.05, 3.63) is 12.4 Å². The number of nitrogens with one attached hydrogen (secondary N) is 1. The van der Waals surface area contributed by atoms with Crippen LogP contribution < -0.4 is 4.72 Å². The van der Waals surface area contributed by atoms with Crippen molar-refractivity contribution in [1.29, 1.82) is 0 Å². The Morgan fingerprint density at radius 3 is 2.85 bits per heavy atom. The summed E-state index contributed by atoms with van der Waals surface area (Å²) in [5.41, 5.74) is -0.160. The average Bonchev–Trinajstić information content (AvgIpc) is 2.81. The number of carbonyl (C=O) groups is 1. The molecule has 0 atom stereocenters. The Morgan fingerprint density at radius 1 is 1.60 bits per heavy atom. The molecule has 0 unspecified atom stereocenters. The summed E-state index contributed by atoms with van der Waals surface area (Å²) in [6, 6.07) is 0. The average molecular weight is 303 g/mol. The van der Waals surface area contributed by atoms with Gasteiger partial charge < -0.3 is 9.84 Å². The highest BCUT2D eigenvalue weighted by molar-refractivity contribution is 7.89. The van der Waals surface area contributed by atoms with Crippen LogP contribution in [0.15, 0.2) is 17.3 Å². The topological polar surface area (TPSA) is 111 Å². The van der Waals surface area contributed by atoms with Crippen molar-refractivity contribution < 1.29 is 23.1 Å². The van der Waals surface area contributed by atoms with Crippen LogP contribution in [0.2, 0.25) is 0 Å². The van der Waals surface area contributed by atoms with E-state index in [1.54, 1.807) is 0 Å². The molecule has 1 aliphatic rings. The van der Waals surface area contributed by atoms with Gasteiger partial charge in [-0.05, 0) is 0 Å². The van der Waals surface area contributed by atoms with Crippen LogP contribution in [0.1, 0.15) is 13.3 Å². The molecule has 2 N–H and O–H groups in total. The number of rotatable bonds is 7. The molecule has 1 aromatic rings. The number of carboxylic acid groups (broad SMARTS) is 1. The van der Waals surface area contributed by atoms with E-state index in [4.69, 9.17) is 9.84 Å². The van der Waals surface area contributed by atoms with Gasteiger partial charge in [-0.3, -0.25) is 9.48 Å². The molecular formula is C11H17N3O5S. The van der Waals surface area contributed by atoms with E-state index in [1.807, 2.05) is 6.92 Å². The summed E-state index contributed by atoms with van der Waals surface area (Å²) in [5.74, 6) is -0.957. The van der Waals surface area contributed by atoms with Crippen molar-refractivity contribution in [3.63, 3.8) is 0 Å². The van der Waals surface area contributed by atoms with E-state index in [1.165, 1.54) is 17.1 Å². The molecule has 1 fully saturated rings. The molecule has 0 saturated carbocycles. The highest BCUT2D eigenvalue weighted by Gasteiger charge is 2.34. The zero-order valence-electron chi connectivity index (χ0n) is 11.1. The van der Waals surface area contributed by atoms with Gasteiger partial charge in [0.15, 0.2) is 0 Å². The summed E-state index contributed by atoms with van der Waals surface area (Å²) in [6.45, 7) is 3.45. The first-order valence-corrected chi connectivity index (χ1v) is 7.61. The second kappa shape index (κ2) is 5.51. The Hall–Kier alpha value is -1.45. The molecule has 0 bridgehead atoms. The van der Waals surface area contributed by atoms with Gasteiger partial charge in [0.1, 0.15) is 4.90 Å². The maximum absolute atomic E-state index is 12.0. The molecule has 2 rings (SSSR count). The van der Waals surface area contributed by atoms with Crippen LogP contribution in [0, 0.1) is 5.41 Å². The fourth-order valence-corrected chi connectivity index (χ4v) is 2.87. The third-order valence-corrected chi connectivity index (χ3v) is 4.42. The lowest BCUT2D eigenvalue weighted by atomic mass is 9.89. The number of ether oxygens (including phenoxy) is 1. The molecule has 0 amide bonds. The van der Waals surface area contributed by atoms with E-state index >= 15 is 0 Å². The highest BCUT2D eigenvalue weighted by atomic mass is 32.2. The smallest absolute Gasteiger partial charge is 0.305 e. The number of hydrogen-bond acceptors (Lipinski definition) is 5. The molecule has 20 heavy (non-hydrogen) atoms. The maximum Gasteiger partial charge on any atom is 0.305 e. The summed E-state index contributed by atoms with van der Waals surface area (Å²) in [7, 11) is -3.62. The SMILES string of the molecule is CC1(CNS(=O)(=O)c2cnn(CCC(=O)O)c2)COC1. The van der Waals surface area contributed by atoms with Crippen LogP contribution in [0.3, 0.4) is 0 Å². The molecule has 0 radical (unpaired) electrons. The van der Waals surface area contributed by atoms with Crippen molar-refractivity contribution >= 4 is 16.0 Å². The first-order valence-electron chi connectivity index (χ1n) is 6.12. The lowest BCUT2D eigenvalue weighted by Crippen LogP contribution is -2.48. The van der Waals surface area contributed by atoms with E-state index < -0.39 is 16.0 Å². The first kappa shape index (κ1) is 14.9. The van der Waals surface area contributed by atoms with Gasteiger partial charge in [0.05, 0.1) is 32.4 Å². The monoisotopic (exact) mass is 303 g/mol. The fraction of sp³-hybridized carbons (Fsp3) is 0.636. The summed E-state index contributed by atoms with van der Waals surface area (Å²) in [4.78, 5) is 10.5. The van der Waals surface area contributed by atoms with Gasteiger partial charge in [-0.25, -0.2) is 13.1 Å². The van der Waals surface area contributed by atoms with Crippen molar-refractivity contribution in [1.82, 2.24) is 14.5 Å². The molecule has 0 aliphatic carbocycles. The molecule has 1 aromatic heterocycles. The Bertz CT molecular complexity index is 591. The van der Waals surface area contributed by atoms with Crippen molar-refractivity contribution in [2.45, 2.75) is 24.8 Å². The van der Waals surface area contributed by atoms with Crippen molar-refractivity contribution in [2.75, 3.05) is 19.8 Å². The Kier molecular flexibility index (Phi) is 4.11. The molecule has 0 aromatic carbocycles. The zero-order chi connectivity index (χ0) is 14.8.